The number of ether oxygens (including phenoxy) is 1. The van der Waals surface area contributed by atoms with Crippen LogP contribution in [0.2, 0.25) is 5.15 Å². The summed E-state index contributed by atoms with van der Waals surface area (Å²) in [4.78, 5) is 19.4. The van der Waals surface area contributed by atoms with Gasteiger partial charge in [-0.25, -0.2) is 19.2 Å². The average Bonchev–Trinajstić information content (AvgIpc) is 2.29. The SMILES string of the molecule is CCOC(=O)c1nc2cc(F)ccc2nc1Cl. The molecule has 1 aromatic heterocycles. The van der Waals surface area contributed by atoms with E-state index >= 15 is 0 Å². The molecule has 1 aromatic carbocycles. The molecule has 0 amide bonds. The van der Waals surface area contributed by atoms with Gasteiger partial charge in [0.05, 0.1) is 17.6 Å². The van der Waals surface area contributed by atoms with E-state index < -0.39 is 11.8 Å². The molecule has 0 saturated heterocycles. The fourth-order valence-corrected chi connectivity index (χ4v) is 1.55. The Balaban J connectivity index is 2.57. The van der Waals surface area contributed by atoms with Crippen molar-refractivity contribution in [1.29, 1.82) is 0 Å². The highest BCUT2D eigenvalue weighted by Gasteiger charge is 2.16. The van der Waals surface area contributed by atoms with Gasteiger partial charge in [0.25, 0.3) is 0 Å². The van der Waals surface area contributed by atoms with E-state index in [9.17, 15) is 9.18 Å². The molecule has 0 aliphatic heterocycles. The molecule has 0 aliphatic rings. The molecule has 6 heteroatoms. The number of aromatic nitrogens is 2. The Kier molecular flexibility index (Phi) is 3.19. The Morgan fingerprint density at radius 3 is 2.88 bits per heavy atom. The second-order valence-corrected chi connectivity index (χ2v) is 3.57. The lowest BCUT2D eigenvalue weighted by molar-refractivity contribution is 0.0519. The second kappa shape index (κ2) is 4.63. The van der Waals surface area contributed by atoms with E-state index in [-0.39, 0.29) is 23.0 Å². The molecule has 17 heavy (non-hydrogen) atoms. The van der Waals surface area contributed by atoms with Gasteiger partial charge >= 0.3 is 5.97 Å². The van der Waals surface area contributed by atoms with Crippen LogP contribution in [0, 0.1) is 5.82 Å². The van der Waals surface area contributed by atoms with Crippen molar-refractivity contribution < 1.29 is 13.9 Å². The van der Waals surface area contributed by atoms with Crippen LogP contribution in [0.25, 0.3) is 11.0 Å². The molecular weight excluding hydrogens is 247 g/mol. The molecule has 0 N–H and O–H groups in total. The van der Waals surface area contributed by atoms with Crippen LogP contribution in [-0.4, -0.2) is 22.5 Å². The Bertz CT molecular complexity index is 589. The zero-order chi connectivity index (χ0) is 12.4. The van der Waals surface area contributed by atoms with Gasteiger partial charge in [0, 0.05) is 6.07 Å². The van der Waals surface area contributed by atoms with Crippen molar-refractivity contribution in [3.8, 4) is 0 Å². The van der Waals surface area contributed by atoms with Gasteiger partial charge in [-0.1, -0.05) is 11.6 Å². The molecule has 4 nitrogen and oxygen atoms in total. The van der Waals surface area contributed by atoms with Gasteiger partial charge in [-0.2, -0.15) is 0 Å². The van der Waals surface area contributed by atoms with Crippen molar-refractivity contribution in [3.63, 3.8) is 0 Å². The van der Waals surface area contributed by atoms with Gasteiger partial charge in [-0.15, -0.1) is 0 Å². The largest absolute Gasteiger partial charge is 0.461 e. The van der Waals surface area contributed by atoms with E-state index in [2.05, 4.69) is 9.97 Å². The monoisotopic (exact) mass is 254 g/mol. The number of halogens is 2. The minimum Gasteiger partial charge on any atom is -0.461 e. The van der Waals surface area contributed by atoms with E-state index in [0.29, 0.717) is 5.52 Å². The summed E-state index contributed by atoms with van der Waals surface area (Å²) in [6.45, 7) is 1.87. The van der Waals surface area contributed by atoms with Crippen molar-refractivity contribution >= 4 is 28.6 Å². The van der Waals surface area contributed by atoms with Gasteiger partial charge in [-0.3, -0.25) is 0 Å². The van der Waals surface area contributed by atoms with Gasteiger partial charge in [0.1, 0.15) is 5.82 Å². The molecule has 0 saturated carbocycles. The summed E-state index contributed by atoms with van der Waals surface area (Å²) in [5.41, 5.74) is 0.577. The average molecular weight is 255 g/mol. The highest BCUT2D eigenvalue weighted by atomic mass is 35.5. The summed E-state index contributed by atoms with van der Waals surface area (Å²) in [5, 5.41) is -0.0532. The maximum atomic E-state index is 13.0. The highest BCUT2D eigenvalue weighted by molar-refractivity contribution is 6.32. The molecule has 0 bridgehead atoms. The smallest absolute Gasteiger partial charge is 0.360 e. The van der Waals surface area contributed by atoms with E-state index in [0.717, 1.165) is 0 Å². The Labute approximate surface area is 101 Å². The standard InChI is InChI=1S/C11H8ClFN2O2/c1-2-17-11(16)9-10(12)15-7-4-3-6(13)5-8(7)14-9/h3-5H,2H2,1H3. The Morgan fingerprint density at radius 1 is 1.41 bits per heavy atom. The number of hydrogen-bond acceptors (Lipinski definition) is 4. The third-order valence-corrected chi connectivity index (χ3v) is 2.32. The van der Waals surface area contributed by atoms with E-state index in [4.69, 9.17) is 16.3 Å². The normalized spacial score (nSPS) is 10.5. The molecule has 0 radical (unpaired) electrons. The molecule has 0 unspecified atom stereocenters. The van der Waals surface area contributed by atoms with E-state index in [1.54, 1.807) is 6.92 Å². The number of hydrogen-bond donors (Lipinski definition) is 0. The molecule has 0 fully saturated rings. The number of carbonyl (C=O) groups is 1. The zero-order valence-electron chi connectivity index (χ0n) is 8.91. The summed E-state index contributed by atoms with van der Waals surface area (Å²) in [6.07, 6.45) is 0. The summed E-state index contributed by atoms with van der Waals surface area (Å²) in [5.74, 6) is -1.12. The minimum atomic E-state index is -0.670. The molecule has 88 valence electrons. The van der Waals surface area contributed by atoms with Crippen LogP contribution >= 0.6 is 11.6 Å². The third-order valence-electron chi connectivity index (χ3n) is 2.05. The molecule has 0 aliphatic carbocycles. The van der Waals surface area contributed by atoms with Crippen molar-refractivity contribution in [2.24, 2.45) is 0 Å². The first-order chi connectivity index (χ1) is 8.11. The zero-order valence-corrected chi connectivity index (χ0v) is 9.66. The highest BCUT2D eigenvalue weighted by Crippen LogP contribution is 2.18. The van der Waals surface area contributed by atoms with Crippen LogP contribution in [-0.2, 0) is 4.74 Å². The number of benzene rings is 1. The molecule has 2 aromatic rings. The fraction of sp³-hybridized carbons (Fsp3) is 0.182. The maximum Gasteiger partial charge on any atom is 0.360 e. The summed E-state index contributed by atoms with van der Waals surface area (Å²) in [6, 6.07) is 3.87. The van der Waals surface area contributed by atoms with Crippen LogP contribution in [0.15, 0.2) is 18.2 Å². The number of nitrogens with zero attached hydrogens (tertiary/aromatic N) is 2. The predicted molar refractivity (Wildman–Crippen MR) is 60.5 cm³/mol. The molecule has 0 atom stereocenters. The summed E-state index contributed by atoms with van der Waals surface area (Å²) < 4.78 is 17.8. The van der Waals surface area contributed by atoms with Crippen molar-refractivity contribution in [1.82, 2.24) is 9.97 Å². The van der Waals surface area contributed by atoms with Crippen LogP contribution in [0.4, 0.5) is 4.39 Å². The van der Waals surface area contributed by atoms with E-state index in [1.807, 2.05) is 0 Å². The van der Waals surface area contributed by atoms with Gasteiger partial charge in [-0.05, 0) is 19.1 Å². The number of rotatable bonds is 2. The van der Waals surface area contributed by atoms with Crippen molar-refractivity contribution in [3.05, 3.63) is 34.9 Å². The van der Waals surface area contributed by atoms with Crippen LogP contribution in [0.3, 0.4) is 0 Å². The lowest BCUT2D eigenvalue weighted by Gasteiger charge is -2.04. The quantitative estimate of drug-likeness (QED) is 0.773. The predicted octanol–water partition coefficient (Wildman–Crippen LogP) is 2.60. The number of fused-ring (bicyclic) bond motifs is 1. The molecule has 1 heterocycles. The number of esters is 1. The minimum absolute atomic E-state index is 0.0532. The lowest BCUT2D eigenvalue weighted by atomic mass is 10.3. The number of carbonyl (C=O) groups excluding carboxylic acids is 1. The first-order valence-electron chi connectivity index (χ1n) is 4.91. The molecule has 2 rings (SSSR count). The van der Waals surface area contributed by atoms with Crippen LogP contribution < -0.4 is 0 Å². The first kappa shape index (κ1) is 11.7. The van der Waals surface area contributed by atoms with Gasteiger partial charge < -0.3 is 4.74 Å². The third kappa shape index (κ3) is 2.34. The maximum absolute atomic E-state index is 13.0. The fourth-order valence-electron chi connectivity index (χ4n) is 1.34. The lowest BCUT2D eigenvalue weighted by Crippen LogP contribution is -2.09. The van der Waals surface area contributed by atoms with Gasteiger partial charge in [0.2, 0.25) is 0 Å². The second-order valence-electron chi connectivity index (χ2n) is 3.22. The Morgan fingerprint density at radius 2 is 2.18 bits per heavy atom. The van der Waals surface area contributed by atoms with Crippen molar-refractivity contribution in [2.45, 2.75) is 6.92 Å². The molecule has 0 spiro atoms. The van der Waals surface area contributed by atoms with Crippen molar-refractivity contribution in [2.75, 3.05) is 6.61 Å². The first-order valence-corrected chi connectivity index (χ1v) is 5.29. The summed E-state index contributed by atoms with van der Waals surface area (Å²) in [7, 11) is 0. The van der Waals surface area contributed by atoms with E-state index in [1.165, 1.54) is 18.2 Å². The van der Waals surface area contributed by atoms with Gasteiger partial charge in [0.15, 0.2) is 10.8 Å². The van der Waals surface area contributed by atoms with Crippen LogP contribution in [0.5, 0.6) is 0 Å². The summed E-state index contributed by atoms with van der Waals surface area (Å²) >= 11 is 5.81. The Hall–Kier alpha value is -1.75. The topological polar surface area (TPSA) is 52.1 Å². The molecular formula is C11H8ClFN2O2. The van der Waals surface area contributed by atoms with Crippen LogP contribution in [0.1, 0.15) is 17.4 Å².